The molecule has 3 aromatic carbocycles. The first kappa shape index (κ1) is 33.4. The molecule has 0 bridgehead atoms. The average molecular weight is 637 g/mol. The summed E-state index contributed by atoms with van der Waals surface area (Å²) >= 11 is 12.4. The van der Waals surface area contributed by atoms with Crippen molar-refractivity contribution in [2.45, 2.75) is 51.6 Å². The van der Waals surface area contributed by atoms with Crippen LogP contribution in [0.4, 0.5) is 10.1 Å². The predicted molar refractivity (Wildman–Crippen MR) is 167 cm³/mol. The number of anilines is 1. The van der Waals surface area contributed by atoms with E-state index in [9.17, 15) is 22.4 Å². The van der Waals surface area contributed by atoms with E-state index in [1.54, 1.807) is 24.3 Å². The van der Waals surface area contributed by atoms with Crippen LogP contribution in [0.2, 0.25) is 10.0 Å². The molecule has 0 aromatic heterocycles. The molecule has 3 aromatic rings. The van der Waals surface area contributed by atoms with Gasteiger partial charge in [0.25, 0.3) is 0 Å². The summed E-state index contributed by atoms with van der Waals surface area (Å²) in [5.74, 6) is -1.23. The van der Waals surface area contributed by atoms with Gasteiger partial charge in [-0.3, -0.25) is 13.9 Å². The standard InChI is InChI=1S/C31H36Cl2FN3O4S/c1-3-4-18-35-31(39)29(20-23-11-6-5-7-12-23)36(22-24-13-8-9-14-27(24)34)30(38)15-10-19-37(42(2,40)41)28-21-25(32)16-17-26(28)33/h5-9,11-14,16-17,21,29H,3-4,10,15,18-20,22H2,1-2H3,(H,35,39)/t29-/m1/s1. The van der Waals surface area contributed by atoms with E-state index in [0.717, 1.165) is 29.0 Å². The Hall–Kier alpha value is -3.14. The largest absolute Gasteiger partial charge is 0.354 e. The van der Waals surface area contributed by atoms with Crippen LogP contribution in [0.1, 0.15) is 43.7 Å². The van der Waals surface area contributed by atoms with Crippen LogP contribution in [0.15, 0.2) is 72.8 Å². The number of rotatable bonds is 15. The molecule has 2 amide bonds. The lowest BCUT2D eigenvalue weighted by Gasteiger charge is -2.32. The fourth-order valence-corrected chi connectivity index (χ4v) is 5.93. The number of hydrogen-bond donors (Lipinski definition) is 1. The number of nitrogens with zero attached hydrogens (tertiary/aromatic N) is 2. The molecular weight excluding hydrogens is 600 g/mol. The normalized spacial score (nSPS) is 12.0. The number of benzene rings is 3. The molecule has 1 N–H and O–H groups in total. The van der Waals surface area contributed by atoms with E-state index in [2.05, 4.69) is 5.32 Å². The van der Waals surface area contributed by atoms with Gasteiger partial charge in [-0.15, -0.1) is 0 Å². The summed E-state index contributed by atoms with van der Waals surface area (Å²) < 4.78 is 41.2. The summed E-state index contributed by atoms with van der Waals surface area (Å²) in [5, 5.41) is 3.44. The van der Waals surface area contributed by atoms with Crippen LogP contribution in [0.5, 0.6) is 0 Å². The number of amides is 2. The lowest BCUT2D eigenvalue weighted by atomic mass is 10.0. The molecule has 0 heterocycles. The maximum absolute atomic E-state index is 14.8. The average Bonchev–Trinajstić information content (AvgIpc) is 2.95. The molecule has 0 saturated carbocycles. The number of carbonyl (C=O) groups excluding carboxylic acids is 2. The van der Waals surface area contributed by atoms with Crippen LogP contribution in [0.25, 0.3) is 0 Å². The van der Waals surface area contributed by atoms with Crippen LogP contribution in [-0.4, -0.2) is 50.5 Å². The zero-order valence-corrected chi connectivity index (χ0v) is 26.1. The summed E-state index contributed by atoms with van der Waals surface area (Å²) in [6.45, 7) is 2.29. The van der Waals surface area contributed by atoms with Crippen molar-refractivity contribution in [2.24, 2.45) is 0 Å². The van der Waals surface area contributed by atoms with Gasteiger partial charge in [0.1, 0.15) is 11.9 Å². The van der Waals surface area contributed by atoms with Crippen LogP contribution in [0, 0.1) is 5.82 Å². The first-order valence-corrected chi connectivity index (χ1v) is 16.4. The predicted octanol–water partition coefficient (Wildman–Crippen LogP) is 6.24. The van der Waals surface area contributed by atoms with E-state index in [0.29, 0.717) is 11.6 Å². The number of hydrogen-bond acceptors (Lipinski definition) is 4. The van der Waals surface area contributed by atoms with Crippen LogP contribution >= 0.6 is 23.2 Å². The highest BCUT2D eigenvalue weighted by atomic mass is 35.5. The van der Waals surface area contributed by atoms with E-state index >= 15 is 0 Å². The smallest absolute Gasteiger partial charge is 0.243 e. The molecular formula is C31H36Cl2FN3O4S. The number of carbonyl (C=O) groups is 2. The molecule has 0 unspecified atom stereocenters. The van der Waals surface area contributed by atoms with E-state index in [1.165, 1.54) is 23.1 Å². The number of halogens is 3. The fourth-order valence-electron chi connectivity index (χ4n) is 4.53. The third-order valence-corrected chi connectivity index (χ3v) is 8.46. The zero-order valence-electron chi connectivity index (χ0n) is 23.7. The highest BCUT2D eigenvalue weighted by molar-refractivity contribution is 7.92. The third-order valence-electron chi connectivity index (χ3n) is 6.73. The van der Waals surface area contributed by atoms with Crippen molar-refractivity contribution in [3.8, 4) is 0 Å². The summed E-state index contributed by atoms with van der Waals surface area (Å²) in [6.07, 6.45) is 2.97. The first-order valence-electron chi connectivity index (χ1n) is 13.8. The highest BCUT2D eigenvalue weighted by Crippen LogP contribution is 2.31. The molecule has 7 nitrogen and oxygen atoms in total. The van der Waals surface area contributed by atoms with E-state index in [1.807, 2.05) is 37.3 Å². The molecule has 0 radical (unpaired) electrons. The van der Waals surface area contributed by atoms with E-state index in [-0.39, 0.29) is 54.5 Å². The molecule has 0 fully saturated rings. The minimum Gasteiger partial charge on any atom is -0.354 e. The van der Waals surface area contributed by atoms with Gasteiger partial charge in [-0.1, -0.05) is 85.1 Å². The molecule has 226 valence electrons. The topological polar surface area (TPSA) is 86.8 Å². The second-order valence-corrected chi connectivity index (χ2v) is 12.7. The van der Waals surface area contributed by atoms with Crippen molar-refractivity contribution in [1.82, 2.24) is 10.2 Å². The monoisotopic (exact) mass is 635 g/mol. The number of nitrogens with one attached hydrogen (secondary N) is 1. The Labute approximate surface area is 257 Å². The van der Waals surface area contributed by atoms with E-state index < -0.39 is 27.8 Å². The van der Waals surface area contributed by atoms with Crippen molar-refractivity contribution < 1.29 is 22.4 Å². The Morgan fingerprint density at radius 3 is 2.33 bits per heavy atom. The molecule has 0 saturated heterocycles. The van der Waals surface area contributed by atoms with Gasteiger partial charge in [-0.25, -0.2) is 12.8 Å². The molecule has 0 aliphatic heterocycles. The van der Waals surface area contributed by atoms with Gasteiger partial charge in [0.2, 0.25) is 21.8 Å². The highest BCUT2D eigenvalue weighted by Gasteiger charge is 2.31. The van der Waals surface area contributed by atoms with Gasteiger partial charge in [0.05, 0.1) is 17.0 Å². The maximum Gasteiger partial charge on any atom is 0.243 e. The van der Waals surface area contributed by atoms with Crippen molar-refractivity contribution in [1.29, 1.82) is 0 Å². The van der Waals surface area contributed by atoms with Gasteiger partial charge in [0.15, 0.2) is 0 Å². The molecule has 0 aliphatic carbocycles. The lowest BCUT2D eigenvalue weighted by Crippen LogP contribution is -2.50. The summed E-state index contributed by atoms with van der Waals surface area (Å²) in [6, 6.07) is 19.0. The minimum atomic E-state index is -3.76. The third kappa shape index (κ3) is 9.71. The Bertz CT molecular complexity index is 1460. The van der Waals surface area contributed by atoms with Crippen molar-refractivity contribution in [3.05, 3.63) is 99.8 Å². The second-order valence-electron chi connectivity index (χ2n) is 10.00. The quantitative estimate of drug-likeness (QED) is 0.200. The minimum absolute atomic E-state index is 0.0514. The van der Waals surface area contributed by atoms with Crippen LogP contribution in [0.3, 0.4) is 0 Å². The SMILES string of the molecule is CCCCNC(=O)[C@@H](Cc1ccccc1)N(Cc1ccccc1F)C(=O)CCCN(c1cc(Cl)ccc1Cl)S(C)(=O)=O. The summed E-state index contributed by atoms with van der Waals surface area (Å²) in [7, 11) is -3.76. The zero-order chi connectivity index (χ0) is 30.7. The van der Waals surface area contributed by atoms with Crippen molar-refractivity contribution >= 4 is 50.7 Å². The van der Waals surface area contributed by atoms with Gasteiger partial charge in [-0.2, -0.15) is 0 Å². The maximum atomic E-state index is 14.8. The molecule has 0 spiro atoms. The Morgan fingerprint density at radius 2 is 1.67 bits per heavy atom. The van der Waals surface area contributed by atoms with Gasteiger partial charge in [-0.05, 0) is 42.7 Å². The molecule has 11 heteroatoms. The Balaban J connectivity index is 1.90. The number of unbranched alkanes of at least 4 members (excludes halogenated alkanes) is 1. The second kappa shape index (κ2) is 15.9. The molecule has 1 atom stereocenters. The fraction of sp³-hybridized carbons (Fsp3) is 0.355. The van der Waals surface area contributed by atoms with Crippen LogP contribution in [-0.2, 0) is 32.6 Å². The van der Waals surface area contributed by atoms with E-state index in [4.69, 9.17) is 23.2 Å². The van der Waals surface area contributed by atoms with Crippen LogP contribution < -0.4 is 9.62 Å². The Morgan fingerprint density at radius 1 is 0.976 bits per heavy atom. The lowest BCUT2D eigenvalue weighted by molar-refractivity contribution is -0.141. The van der Waals surface area contributed by atoms with Gasteiger partial charge < -0.3 is 10.2 Å². The molecule has 42 heavy (non-hydrogen) atoms. The molecule has 0 aliphatic rings. The number of sulfonamides is 1. The Kier molecular flexibility index (Phi) is 12.6. The van der Waals surface area contributed by atoms with Gasteiger partial charge >= 0.3 is 0 Å². The van der Waals surface area contributed by atoms with Crippen molar-refractivity contribution in [3.63, 3.8) is 0 Å². The van der Waals surface area contributed by atoms with Gasteiger partial charge in [0, 0.05) is 43.1 Å². The molecule has 3 rings (SSSR count). The van der Waals surface area contributed by atoms with Crippen molar-refractivity contribution in [2.75, 3.05) is 23.7 Å². The first-order chi connectivity index (χ1) is 20.0. The summed E-state index contributed by atoms with van der Waals surface area (Å²) in [5.41, 5.74) is 1.33. The summed E-state index contributed by atoms with van der Waals surface area (Å²) in [4.78, 5) is 28.7.